The molecule has 2 aromatic carbocycles. The summed E-state index contributed by atoms with van der Waals surface area (Å²) < 4.78 is 2.01. The maximum Gasteiger partial charge on any atom is 0.196 e. The Hall–Kier alpha value is -2.70. The van der Waals surface area contributed by atoms with Crippen LogP contribution in [0, 0.1) is 0 Å². The molecule has 4 aromatic rings. The van der Waals surface area contributed by atoms with Crippen molar-refractivity contribution < 1.29 is 4.79 Å². The predicted molar refractivity (Wildman–Crippen MR) is 106 cm³/mol. The van der Waals surface area contributed by atoms with E-state index >= 15 is 0 Å². The lowest BCUT2D eigenvalue weighted by atomic mass is 10.2. The van der Waals surface area contributed by atoms with E-state index in [2.05, 4.69) is 10.2 Å². The van der Waals surface area contributed by atoms with Gasteiger partial charge in [-0.25, -0.2) is 0 Å². The van der Waals surface area contributed by atoms with Gasteiger partial charge < -0.3 is 0 Å². The van der Waals surface area contributed by atoms with Gasteiger partial charge in [0.1, 0.15) is 0 Å². The number of Topliss-reactive ketones (excluding diaryl/α,β-unsaturated/α-hetero) is 1. The van der Waals surface area contributed by atoms with Crippen molar-refractivity contribution in [1.29, 1.82) is 0 Å². The molecule has 26 heavy (non-hydrogen) atoms. The van der Waals surface area contributed by atoms with Gasteiger partial charge in [-0.15, -0.1) is 21.5 Å². The molecule has 4 rings (SSSR count). The van der Waals surface area contributed by atoms with Gasteiger partial charge in [0, 0.05) is 11.3 Å². The summed E-state index contributed by atoms with van der Waals surface area (Å²) in [5, 5.41) is 11.5. The van der Waals surface area contributed by atoms with E-state index in [1.165, 1.54) is 11.8 Å². The van der Waals surface area contributed by atoms with E-state index in [0.29, 0.717) is 16.5 Å². The molecule has 4 nitrogen and oxygen atoms in total. The van der Waals surface area contributed by atoms with Crippen molar-refractivity contribution in [3.05, 3.63) is 83.7 Å². The van der Waals surface area contributed by atoms with E-state index in [-0.39, 0.29) is 5.78 Å². The zero-order chi connectivity index (χ0) is 17.8. The Morgan fingerprint density at radius 2 is 1.65 bits per heavy atom. The second kappa shape index (κ2) is 7.68. The first-order chi connectivity index (χ1) is 12.8. The molecule has 0 fully saturated rings. The molecule has 0 N–H and O–H groups in total. The number of ketones is 1. The van der Waals surface area contributed by atoms with Crippen LogP contribution in [0.15, 0.2) is 83.3 Å². The fourth-order valence-corrected chi connectivity index (χ4v) is 4.12. The fraction of sp³-hybridized carbons (Fsp3) is 0.0500. The van der Waals surface area contributed by atoms with Crippen LogP contribution < -0.4 is 0 Å². The van der Waals surface area contributed by atoms with Crippen LogP contribution in [0.5, 0.6) is 0 Å². The van der Waals surface area contributed by atoms with Crippen LogP contribution in [-0.2, 0) is 0 Å². The molecule has 0 aliphatic heterocycles. The maximum absolute atomic E-state index is 12.4. The second-order valence-corrected chi connectivity index (χ2v) is 7.42. The molecule has 6 heteroatoms. The molecule has 2 heterocycles. The highest BCUT2D eigenvalue weighted by atomic mass is 32.2. The molecule has 0 radical (unpaired) electrons. The summed E-state index contributed by atoms with van der Waals surface area (Å²) in [6.45, 7) is 0. The third-order valence-electron chi connectivity index (χ3n) is 3.82. The van der Waals surface area contributed by atoms with Crippen molar-refractivity contribution in [3.63, 3.8) is 0 Å². The van der Waals surface area contributed by atoms with Crippen LogP contribution >= 0.6 is 23.1 Å². The molecular weight excluding hydrogens is 362 g/mol. The number of thioether (sulfide) groups is 1. The molecule has 0 saturated carbocycles. The average molecular weight is 377 g/mol. The number of carbonyl (C=O) groups is 1. The van der Waals surface area contributed by atoms with E-state index in [0.717, 1.165) is 16.4 Å². The Kier molecular flexibility index (Phi) is 4.95. The van der Waals surface area contributed by atoms with Crippen molar-refractivity contribution in [1.82, 2.24) is 14.8 Å². The topological polar surface area (TPSA) is 47.8 Å². The molecule has 128 valence electrons. The largest absolute Gasteiger partial charge is 0.293 e. The smallest absolute Gasteiger partial charge is 0.196 e. The van der Waals surface area contributed by atoms with Gasteiger partial charge in [0.05, 0.1) is 10.6 Å². The molecule has 0 saturated heterocycles. The normalized spacial score (nSPS) is 10.8. The Morgan fingerprint density at radius 1 is 0.923 bits per heavy atom. The van der Waals surface area contributed by atoms with Gasteiger partial charge in [0.2, 0.25) is 0 Å². The summed E-state index contributed by atoms with van der Waals surface area (Å²) in [6, 6.07) is 23.3. The number of hydrogen-bond donors (Lipinski definition) is 0. The minimum atomic E-state index is 0.0795. The van der Waals surface area contributed by atoms with Crippen molar-refractivity contribution >= 4 is 28.9 Å². The fourth-order valence-electron chi connectivity index (χ4n) is 2.58. The number of nitrogens with zero attached hydrogens (tertiary/aromatic N) is 3. The number of aromatic nitrogens is 3. The molecule has 2 aromatic heterocycles. The lowest BCUT2D eigenvalue weighted by Gasteiger charge is -2.09. The SMILES string of the molecule is O=C(CSc1nnc(-c2cccs2)n1-c1ccccc1)c1ccccc1. The first kappa shape index (κ1) is 16.8. The average Bonchev–Trinajstić information content (AvgIpc) is 3.37. The van der Waals surface area contributed by atoms with Crippen molar-refractivity contribution in [3.8, 4) is 16.4 Å². The van der Waals surface area contributed by atoms with Crippen LogP contribution in [0.4, 0.5) is 0 Å². The number of carbonyl (C=O) groups excluding carboxylic acids is 1. The second-order valence-electron chi connectivity index (χ2n) is 5.53. The van der Waals surface area contributed by atoms with Gasteiger partial charge >= 0.3 is 0 Å². The van der Waals surface area contributed by atoms with Crippen LogP contribution in [0.2, 0.25) is 0 Å². The van der Waals surface area contributed by atoms with E-state index in [1.807, 2.05) is 82.7 Å². The van der Waals surface area contributed by atoms with Crippen molar-refractivity contribution in [2.45, 2.75) is 5.16 Å². The van der Waals surface area contributed by atoms with Crippen LogP contribution in [0.3, 0.4) is 0 Å². The predicted octanol–water partition coefficient (Wildman–Crippen LogP) is 4.97. The van der Waals surface area contributed by atoms with Gasteiger partial charge in [-0.2, -0.15) is 0 Å². The number of hydrogen-bond acceptors (Lipinski definition) is 5. The van der Waals surface area contributed by atoms with Crippen LogP contribution in [0.25, 0.3) is 16.4 Å². The van der Waals surface area contributed by atoms with Gasteiger partial charge in [-0.3, -0.25) is 9.36 Å². The summed E-state index contributed by atoms with van der Waals surface area (Å²) in [7, 11) is 0. The zero-order valence-corrected chi connectivity index (χ0v) is 15.4. The van der Waals surface area contributed by atoms with Gasteiger partial charge in [-0.05, 0) is 23.6 Å². The van der Waals surface area contributed by atoms with Gasteiger partial charge in [0.25, 0.3) is 0 Å². The maximum atomic E-state index is 12.4. The third-order valence-corrected chi connectivity index (χ3v) is 5.61. The minimum absolute atomic E-state index is 0.0795. The third kappa shape index (κ3) is 3.47. The standard InChI is InChI=1S/C20H15N3OS2/c24-17(15-8-3-1-4-9-15)14-26-20-22-21-19(18-12-7-13-25-18)23(20)16-10-5-2-6-11-16/h1-13H,14H2. The van der Waals surface area contributed by atoms with Crippen molar-refractivity contribution in [2.75, 3.05) is 5.75 Å². The van der Waals surface area contributed by atoms with E-state index in [4.69, 9.17) is 0 Å². The molecular formula is C20H15N3OS2. The van der Waals surface area contributed by atoms with E-state index in [9.17, 15) is 4.79 Å². The Balaban J connectivity index is 1.65. The van der Waals surface area contributed by atoms with Gasteiger partial charge in [-0.1, -0.05) is 66.4 Å². The van der Waals surface area contributed by atoms with Crippen LogP contribution in [0.1, 0.15) is 10.4 Å². The lowest BCUT2D eigenvalue weighted by Crippen LogP contribution is -2.04. The lowest BCUT2D eigenvalue weighted by molar-refractivity contribution is 0.102. The molecule has 0 spiro atoms. The first-order valence-electron chi connectivity index (χ1n) is 8.09. The van der Waals surface area contributed by atoms with E-state index in [1.54, 1.807) is 11.3 Å². The quantitative estimate of drug-likeness (QED) is 0.352. The number of thiophene rings is 1. The van der Waals surface area contributed by atoms with Gasteiger partial charge in [0.15, 0.2) is 16.8 Å². The summed E-state index contributed by atoms with van der Waals surface area (Å²) >= 11 is 3.03. The highest BCUT2D eigenvalue weighted by Gasteiger charge is 2.18. The molecule has 0 atom stereocenters. The Morgan fingerprint density at radius 3 is 2.35 bits per heavy atom. The number of rotatable bonds is 6. The summed E-state index contributed by atoms with van der Waals surface area (Å²) in [4.78, 5) is 13.5. The molecule has 0 bridgehead atoms. The molecule has 0 unspecified atom stereocenters. The highest BCUT2D eigenvalue weighted by molar-refractivity contribution is 7.99. The molecule has 0 aliphatic carbocycles. The van der Waals surface area contributed by atoms with E-state index < -0.39 is 0 Å². The Labute approximate surface area is 159 Å². The number of para-hydroxylation sites is 1. The minimum Gasteiger partial charge on any atom is -0.293 e. The summed E-state index contributed by atoms with van der Waals surface area (Å²) in [6.07, 6.45) is 0. The number of benzene rings is 2. The zero-order valence-electron chi connectivity index (χ0n) is 13.8. The molecule has 0 aliphatic rings. The highest BCUT2D eigenvalue weighted by Crippen LogP contribution is 2.30. The monoisotopic (exact) mass is 377 g/mol. The van der Waals surface area contributed by atoms with Crippen molar-refractivity contribution in [2.24, 2.45) is 0 Å². The first-order valence-corrected chi connectivity index (χ1v) is 9.95. The van der Waals surface area contributed by atoms with Crippen LogP contribution in [-0.4, -0.2) is 26.3 Å². The summed E-state index contributed by atoms with van der Waals surface area (Å²) in [5.41, 5.74) is 1.69. The summed E-state index contributed by atoms with van der Waals surface area (Å²) in [5.74, 6) is 1.19. The Bertz CT molecular complexity index is 996. The molecule has 0 amide bonds.